The SMILES string of the molecule is Cc1ccc(-c2cc(N3C(C(F)(F)F)=CC=CC3C)ccc2Cl)nc1. The van der Waals surface area contributed by atoms with E-state index >= 15 is 0 Å². The predicted molar refractivity (Wildman–Crippen MR) is 94.6 cm³/mol. The smallest absolute Gasteiger partial charge is 0.331 e. The highest BCUT2D eigenvalue weighted by molar-refractivity contribution is 6.33. The number of halogens is 4. The van der Waals surface area contributed by atoms with E-state index < -0.39 is 17.9 Å². The standard InChI is InChI=1S/C19H16ClF3N2/c1-12-6-9-17(24-11-12)15-10-14(7-8-16(15)20)25-13(2)4-3-5-18(25)19(21,22)23/h3-11,13H,1-2H3. The number of aromatic nitrogens is 1. The number of hydrogen-bond donors (Lipinski definition) is 0. The Kier molecular flexibility index (Phi) is 4.60. The molecule has 1 aromatic heterocycles. The van der Waals surface area contributed by atoms with E-state index in [4.69, 9.17) is 11.6 Å². The Morgan fingerprint density at radius 2 is 1.92 bits per heavy atom. The zero-order valence-electron chi connectivity index (χ0n) is 13.7. The van der Waals surface area contributed by atoms with Crippen LogP contribution in [0.4, 0.5) is 18.9 Å². The molecule has 0 amide bonds. The second-order valence-electron chi connectivity index (χ2n) is 5.93. The first kappa shape index (κ1) is 17.5. The summed E-state index contributed by atoms with van der Waals surface area (Å²) in [5, 5.41) is 0.442. The Labute approximate surface area is 149 Å². The van der Waals surface area contributed by atoms with Gasteiger partial charge in [-0.05, 0) is 49.8 Å². The quantitative estimate of drug-likeness (QED) is 0.657. The van der Waals surface area contributed by atoms with E-state index in [2.05, 4.69) is 4.98 Å². The molecule has 2 nitrogen and oxygen atoms in total. The average Bonchev–Trinajstić information content (AvgIpc) is 2.55. The van der Waals surface area contributed by atoms with Crippen LogP contribution in [0.25, 0.3) is 11.3 Å². The molecule has 0 spiro atoms. The number of allylic oxidation sites excluding steroid dienone is 3. The first-order chi connectivity index (χ1) is 11.8. The summed E-state index contributed by atoms with van der Waals surface area (Å²) in [6.45, 7) is 3.63. The fourth-order valence-corrected chi connectivity index (χ4v) is 3.00. The molecule has 0 saturated carbocycles. The van der Waals surface area contributed by atoms with Crippen LogP contribution in [0.1, 0.15) is 12.5 Å². The second-order valence-corrected chi connectivity index (χ2v) is 6.34. The molecule has 1 atom stereocenters. The van der Waals surface area contributed by atoms with Gasteiger partial charge in [-0.25, -0.2) is 0 Å². The zero-order chi connectivity index (χ0) is 18.2. The zero-order valence-corrected chi connectivity index (χ0v) is 14.4. The number of anilines is 1. The summed E-state index contributed by atoms with van der Waals surface area (Å²) in [5.74, 6) is 0. The van der Waals surface area contributed by atoms with Crippen LogP contribution in [0, 0.1) is 6.92 Å². The molecule has 0 saturated heterocycles. The minimum Gasteiger partial charge on any atom is -0.331 e. The first-order valence-corrected chi connectivity index (χ1v) is 8.12. The van der Waals surface area contributed by atoms with Gasteiger partial charge in [-0.3, -0.25) is 4.98 Å². The lowest BCUT2D eigenvalue weighted by Crippen LogP contribution is -2.39. The van der Waals surface area contributed by atoms with Crippen LogP contribution >= 0.6 is 11.6 Å². The molecule has 0 aliphatic carbocycles. The van der Waals surface area contributed by atoms with Gasteiger partial charge in [-0.15, -0.1) is 0 Å². The van der Waals surface area contributed by atoms with Crippen molar-refractivity contribution >= 4 is 17.3 Å². The monoisotopic (exact) mass is 364 g/mol. The summed E-state index contributed by atoms with van der Waals surface area (Å²) >= 11 is 6.26. The number of rotatable bonds is 2. The molecule has 0 radical (unpaired) electrons. The lowest BCUT2D eigenvalue weighted by atomic mass is 10.1. The minimum absolute atomic E-state index is 0.419. The van der Waals surface area contributed by atoms with E-state index in [0.717, 1.165) is 11.6 Å². The molecule has 1 aromatic carbocycles. The summed E-state index contributed by atoms with van der Waals surface area (Å²) in [6, 6.07) is 8.11. The van der Waals surface area contributed by atoms with Crippen molar-refractivity contribution in [2.45, 2.75) is 26.1 Å². The van der Waals surface area contributed by atoms with Gasteiger partial charge in [0.25, 0.3) is 0 Å². The summed E-state index contributed by atoms with van der Waals surface area (Å²) < 4.78 is 40.2. The maximum atomic E-state index is 13.4. The van der Waals surface area contributed by atoms with E-state index in [9.17, 15) is 13.2 Å². The Hall–Kier alpha value is -2.27. The molecular weight excluding hydrogens is 349 g/mol. The van der Waals surface area contributed by atoms with Crippen molar-refractivity contribution in [3.05, 3.63) is 71.0 Å². The van der Waals surface area contributed by atoms with Gasteiger partial charge in [0.05, 0.1) is 10.7 Å². The summed E-state index contributed by atoms with van der Waals surface area (Å²) in [5.41, 5.74) is 1.93. The average molecular weight is 365 g/mol. The van der Waals surface area contributed by atoms with Crippen molar-refractivity contribution in [2.75, 3.05) is 4.90 Å². The Morgan fingerprint density at radius 3 is 2.56 bits per heavy atom. The molecule has 1 unspecified atom stereocenters. The predicted octanol–water partition coefficient (Wildman–Crippen LogP) is 5.92. The van der Waals surface area contributed by atoms with Crippen LogP contribution in [0.3, 0.4) is 0 Å². The van der Waals surface area contributed by atoms with Crippen molar-refractivity contribution in [3.63, 3.8) is 0 Å². The van der Waals surface area contributed by atoms with Gasteiger partial charge in [0, 0.05) is 23.5 Å². The maximum Gasteiger partial charge on any atom is 0.431 e. The summed E-state index contributed by atoms with van der Waals surface area (Å²) in [7, 11) is 0. The summed E-state index contributed by atoms with van der Waals surface area (Å²) in [4.78, 5) is 5.59. The first-order valence-electron chi connectivity index (χ1n) is 7.75. The number of benzene rings is 1. The third-order valence-electron chi connectivity index (χ3n) is 4.02. The molecule has 0 N–H and O–H groups in total. The van der Waals surface area contributed by atoms with Crippen LogP contribution in [-0.4, -0.2) is 17.2 Å². The lowest BCUT2D eigenvalue weighted by molar-refractivity contribution is -0.0939. The Balaban J connectivity index is 2.08. The van der Waals surface area contributed by atoms with Crippen LogP contribution in [-0.2, 0) is 0 Å². The minimum atomic E-state index is -4.44. The number of alkyl halides is 3. The van der Waals surface area contributed by atoms with E-state index in [1.165, 1.54) is 11.0 Å². The lowest BCUT2D eigenvalue weighted by Gasteiger charge is -2.35. The largest absolute Gasteiger partial charge is 0.431 e. The van der Waals surface area contributed by atoms with Gasteiger partial charge in [0.1, 0.15) is 5.70 Å². The van der Waals surface area contributed by atoms with Crippen molar-refractivity contribution in [3.8, 4) is 11.3 Å². The topological polar surface area (TPSA) is 16.1 Å². The van der Waals surface area contributed by atoms with Crippen molar-refractivity contribution in [1.29, 1.82) is 0 Å². The molecule has 130 valence electrons. The van der Waals surface area contributed by atoms with Crippen molar-refractivity contribution < 1.29 is 13.2 Å². The van der Waals surface area contributed by atoms with E-state index in [1.807, 2.05) is 13.0 Å². The molecule has 0 fully saturated rings. The second kappa shape index (κ2) is 6.56. The molecule has 6 heteroatoms. The normalized spacial score (nSPS) is 17.6. The Morgan fingerprint density at radius 1 is 1.16 bits per heavy atom. The van der Waals surface area contributed by atoms with Gasteiger partial charge in [-0.1, -0.05) is 29.8 Å². The van der Waals surface area contributed by atoms with Gasteiger partial charge in [-0.2, -0.15) is 13.2 Å². The van der Waals surface area contributed by atoms with Gasteiger partial charge in [0.15, 0.2) is 0 Å². The van der Waals surface area contributed by atoms with E-state index in [1.54, 1.807) is 43.5 Å². The fourth-order valence-electron chi connectivity index (χ4n) is 2.79. The Bertz CT molecular complexity index is 839. The van der Waals surface area contributed by atoms with Crippen LogP contribution in [0.15, 0.2) is 60.5 Å². The molecule has 25 heavy (non-hydrogen) atoms. The highest BCUT2D eigenvalue weighted by atomic mass is 35.5. The molecule has 2 heterocycles. The number of pyridine rings is 1. The van der Waals surface area contributed by atoms with Crippen molar-refractivity contribution in [2.24, 2.45) is 0 Å². The molecule has 2 aromatic rings. The highest BCUT2D eigenvalue weighted by Gasteiger charge is 2.40. The number of nitrogens with zero attached hydrogens (tertiary/aromatic N) is 2. The number of aryl methyl sites for hydroxylation is 1. The van der Waals surface area contributed by atoms with Crippen LogP contribution in [0.5, 0.6) is 0 Å². The third kappa shape index (κ3) is 3.56. The molecule has 1 aliphatic rings. The third-order valence-corrected chi connectivity index (χ3v) is 4.35. The number of hydrogen-bond acceptors (Lipinski definition) is 2. The van der Waals surface area contributed by atoms with Crippen molar-refractivity contribution in [1.82, 2.24) is 4.98 Å². The molecule has 3 rings (SSSR count). The van der Waals surface area contributed by atoms with E-state index in [0.29, 0.717) is 22.0 Å². The molecular formula is C19H16ClF3N2. The fraction of sp³-hybridized carbons (Fsp3) is 0.211. The summed E-state index contributed by atoms with van der Waals surface area (Å²) in [6.07, 6.45) is 1.49. The van der Waals surface area contributed by atoms with E-state index in [-0.39, 0.29) is 0 Å². The van der Waals surface area contributed by atoms with Gasteiger partial charge < -0.3 is 4.90 Å². The maximum absolute atomic E-state index is 13.4. The molecule has 0 bridgehead atoms. The van der Waals surface area contributed by atoms with Crippen LogP contribution < -0.4 is 4.90 Å². The van der Waals surface area contributed by atoms with Gasteiger partial charge in [0.2, 0.25) is 0 Å². The molecule has 1 aliphatic heterocycles. The van der Waals surface area contributed by atoms with Crippen LogP contribution in [0.2, 0.25) is 5.02 Å². The highest BCUT2D eigenvalue weighted by Crippen LogP contribution is 2.38. The van der Waals surface area contributed by atoms with Gasteiger partial charge >= 0.3 is 6.18 Å².